The summed E-state index contributed by atoms with van der Waals surface area (Å²) in [6.07, 6.45) is 0.663. The lowest BCUT2D eigenvalue weighted by atomic mass is 10.0. The van der Waals surface area contributed by atoms with Crippen LogP contribution in [0.4, 0.5) is 0 Å². The van der Waals surface area contributed by atoms with Gasteiger partial charge in [-0.2, -0.15) is 4.31 Å². The van der Waals surface area contributed by atoms with Crippen LogP contribution in [0.25, 0.3) is 0 Å². The largest absolute Gasteiger partial charge is 0.497 e. The summed E-state index contributed by atoms with van der Waals surface area (Å²) in [6.45, 7) is 0.921. The Bertz CT molecular complexity index is 894. The van der Waals surface area contributed by atoms with Crippen LogP contribution >= 0.6 is 0 Å². The van der Waals surface area contributed by atoms with E-state index in [2.05, 4.69) is 0 Å². The van der Waals surface area contributed by atoms with Crippen molar-refractivity contribution in [2.24, 2.45) is 0 Å². The Hall–Kier alpha value is -2.25. The minimum atomic E-state index is -3.58. The molecule has 0 amide bonds. The van der Waals surface area contributed by atoms with Crippen molar-refractivity contribution >= 4 is 10.0 Å². The molecule has 2 aromatic rings. The standard InChI is InChI=1S/C17H17NO5S/c1-21-14-3-2-13-10-18(7-6-12(13)8-14)24(19,20)15-4-5-16-17(9-15)23-11-22-16/h2-5,8-9H,6-7,10-11H2,1H3. The smallest absolute Gasteiger partial charge is 0.243 e. The number of benzene rings is 2. The Morgan fingerprint density at radius 1 is 1.04 bits per heavy atom. The minimum Gasteiger partial charge on any atom is -0.497 e. The molecule has 0 saturated heterocycles. The molecule has 0 atom stereocenters. The van der Waals surface area contributed by atoms with E-state index >= 15 is 0 Å². The Balaban J connectivity index is 1.63. The average Bonchev–Trinajstić information content (AvgIpc) is 3.08. The molecule has 0 aromatic heterocycles. The van der Waals surface area contributed by atoms with Gasteiger partial charge in [0.25, 0.3) is 0 Å². The molecule has 0 saturated carbocycles. The fraction of sp³-hybridized carbons (Fsp3) is 0.294. The average molecular weight is 347 g/mol. The first-order valence-corrected chi connectivity index (χ1v) is 9.07. The second-order valence-corrected chi connectivity index (χ2v) is 7.68. The summed E-state index contributed by atoms with van der Waals surface area (Å²) in [6, 6.07) is 10.5. The molecule has 2 aliphatic heterocycles. The molecule has 6 nitrogen and oxygen atoms in total. The number of rotatable bonds is 3. The number of sulfonamides is 1. The van der Waals surface area contributed by atoms with E-state index in [0.29, 0.717) is 31.0 Å². The molecular weight excluding hydrogens is 330 g/mol. The highest BCUT2D eigenvalue weighted by atomic mass is 32.2. The third-order valence-corrected chi connectivity index (χ3v) is 6.21. The van der Waals surface area contributed by atoms with Crippen molar-refractivity contribution in [1.82, 2.24) is 4.31 Å². The summed E-state index contributed by atoms with van der Waals surface area (Å²) in [5, 5.41) is 0. The summed E-state index contributed by atoms with van der Waals surface area (Å²) >= 11 is 0. The highest BCUT2D eigenvalue weighted by molar-refractivity contribution is 7.89. The van der Waals surface area contributed by atoms with Gasteiger partial charge < -0.3 is 14.2 Å². The second kappa shape index (κ2) is 5.68. The SMILES string of the molecule is COc1ccc2c(c1)CCN(S(=O)(=O)c1ccc3c(c1)OCO3)C2. The lowest BCUT2D eigenvalue weighted by Crippen LogP contribution is -2.35. The van der Waals surface area contributed by atoms with Gasteiger partial charge >= 0.3 is 0 Å². The predicted molar refractivity (Wildman–Crippen MR) is 86.9 cm³/mol. The summed E-state index contributed by atoms with van der Waals surface area (Å²) in [5.41, 5.74) is 2.14. The van der Waals surface area contributed by atoms with Gasteiger partial charge in [-0.3, -0.25) is 0 Å². The van der Waals surface area contributed by atoms with Crippen molar-refractivity contribution in [3.8, 4) is 17.2 Å². The maximum Gasteiger partial charge on any atom is 0.243 e. The lowest BCUT2D eigenvalue weighted by molar-refractivity contribution is 0.174. The third-order valence-electron chi connectivity index (χ3n) is 4.37. The molecule has 2 heterocycles. The van der Waals surface area contributed by atoms with Crippen molar-refractivity contribution < 1.29 is 22.6 Å². The number of ether oxygens (including phenoxy) is 3. The van der Waals surface area contributed by atoms with Crippen LogP contribution in [0.5, 0.6) is 17.2 Å². The Morgan fingerprint density at radius 2 is 1.88 bits per heavy atom. The minimum absolute atomic E-state index is 0.123. The molecule has 0 bridgehead atoms. The van der Waals surface area contributed by atoms with Crippen LogP contribution in [0, 0.1) is 0 Å². The van der Waals surface area contributed by atoms with Crippen molar-refractivity contribution in [3.05, 3.63) is 47.5 Å². The first kappa shape index (κ1) is 15.3. The summed E-state index contributed by atoms with van der Waals surface area (Å²) in [7, 11) is -1.95. The van der Waals surface area contributed by atoms with Crippen LogP contribution in [0.1, 0.15) is 11.1 Å². The van der Waals surface area contributed by atoms with E-state index in [9.17, 15) is 8.42 Å². The molecule has 4 rings (SSSR count). The van der Waals surface area contributed by atoms with Crippen LogP contribution in [-0.4, -0.2) is 33.2 Å². The summed E-state index contributed by atoms with van der Waals surface area (Å²) < 4.78 is 43.1. The maximum atomic E-state index is 12.9. The van der Waals surface area contributed by atoms with E-state index < -0.39 is 10.0 Å². The molecule has 24 heavy (non-hydrogen) atoms. The highest BCUT2D eigenvalue weighted by Crippen LogP contribution is 2.35. The van der Waals surface area contributed by atoms with E-state index in [4.69, 9.17) is 14.2 Å². The number of hydrogen-bond acceptors (Lipinski definition) is 5. The van der Waals surface area contributed by atoms with Crippen molar-refractivity contribution in [1.29, 1.82) is 0 Å². The van der Waals surface area contributed by atoms with E-state index in [-0.39, 0.29) is 11.7 Å². The van der Waals surface area contributed by atoms with Gasteiger partial charge in [-0.25, -0.2) is 8.42 Å². The predicted octanol–water partition coefficient (Wildman–Crippen LogP) is 2.17. The van der Waals surface area contributed by atoms with Gasteiger partial charge in [-0.15, -0.1) is 0 Å². The Kier molecular flexibility index (Phi) is 3.62. The monoisotopic (exact) mass is 347 g/mol. The first-order valence-electron chi connectivity index (χ1n) is 7.63. The quantitative estimate of drug-likeness (QED) is 0.851. The molecule has 0 aliphatic carbocycles. The Labute approximate surface area is 140 Å². The molecule has 2 aromatic carbocycles. The molecule has 7 heteroatoms. The van der Waals surface area contributed by atoms with Gasteiger partial charge in [0, 0.05) is 19.2 Å². The molecule has 126 valence electrons. The summed E-state index contributed by atoms with van der Waals surface area (Å²) in [4.78, 5) is 0.226. The molecule has 0 unspecified atom stereocenters. The van der Waals surface area contributed by atoms with Crippen molar-refractivity contribution in [2.45, 2.75) is 17.9 Å². The zero-order valence-electron chi connectivity index (χ0n) is 13.2. The van der Waals surface area contributed by atoms with Crippen LogP contribution < -0.4 is 14.2 Å². The zero-order chi connectivity index (χ0) is 16.7. The molecule has 0 spiro atoms. The van der Waals surface area contributed by atoms with E-state index in [1.54, 1.807) is 19.2 Å². The highest BCUT2D eigenvalue weighted by Gasteiger charge is 2.30. The van der Waals surface area contributed by atoms with Crippen LogP contribution in [-0.2, 0) is 23.0 Å². The van der Waals surface area contributed by atoms with Crippen LogP contribution in [0.3, 0.4) is 0 Å². The van der Waals surface area contributed by atoms with Crippen molar-refractivity contribution in [2.75, 3.05) is 20.4 Å². The molecule has 0 N–H and O–H groups in total. The Morgan fingerprint density at radius 3 is 2.71 bits per heavy atom. The topological polar surface area (TPSA) is 65.1 Å². The zero-order valence-corrected chi connectivity index (χ0v) is 14.0. The molecular formula is C17H17NO5S. The van der Waals surface area contributed by atoms with Gasteiger partial charge in [-0.05, 0) is 41.8 Å². The number of nitrogens with zero attached hydrogens (tertiary/aromatic N) is 1. The van der Waals surface area contributed by atoms with Gasteiger partial charge in [0.1, 0.15) is 5.75 Å². The first-order chi connectivity index (χ1) is 11.6. The molecule has 2 aliphatic rings. The van der Waals surface area contributed by atoms with Crippen LogP contribution in [0.2, 0.25) is 0 Å². The molecule has 0 fully saturated rings. The van der Waals surface area contributed by atoms with Gasteiger partial charge in [0.2, 0.25) is 16.8 Å². The van der Waals surface area contributed by atoms with E-state index in [1.807, 2.05) is 18.2 Å². The lowest BCUT2D eigenvalue weighted by Gasteiger charge is -2.28. The normalized spacial score (nSPS) is 16.7. The fourth-order valence-corrected chi connectivity index (χ4v) is 4.46. The fourth-order valence-electron chi connectivity index (χ4n) is 3.02. The number of fused-ring (bicyclic) bond motifs is 2. The van der Waals surface area contributed by atoms with E-state index in [1.165, 1.54) is 10.4 Å². The van der Waals surface area contributed by atoms with E-state index in [0.717, 1.165) is 16.9 Å². The molecule has 0 radical (unpaired) electrons. The van der Waals surface area contributed by atoms with Gasteiger partial charge in [0.15, 0.2) is 11.5 Å². The van der Waals surface area contributed by atoms with Gasteiger partial charge in [0.05, 0.1) is 12.0 Å². The number of hydrogen-bond donors (Lipinski definition) is 0. The van der Waals surface area contributed by atoms with Crippen molar-refractivity contribution in [3.63, 3.8) is 0 Å². The second-order valence-electron chi connectivity index (χ2n) is 5.74. The third kappa shape index (κ3) is 2.50. The number of methoxy groups -OCH3 is 1. The maximum absolute atomic E-state index is 12.9. The van der Waals surface area contributed by atoms with Gasteiger partial charge in [-0.1, -0.05) is 6.07 Å². The van der Waals surface area contributed by atoms with Crippen LogP contribution in [0.15, 0.2) is 41.3 Å². The summed E-state index contributed by atoms with van der Waals surface area (Å²) in [5.74, 6) is 1.84.